The van der Waals surface area contributed by atoms with Gasteiger partial charge in [0.25, 0.3) is 0 Å². The standard InChI is InChI=1S/C12H16BrNOS.C2HF3O2/c1-16(15)12-3-2-10(13)8-11(12)9-4-6-14-7-5-9;3-2(4,5)1(6)7/h2-3,8-9,14H,4-7H2,1H3;(H,6,7). The van der Waals surface area contributed by atoms with E-state index in [1.54, 1.807) is 6.26 Å². The van der Waals surface area contributed by atoms with E-state index in [4.69, 9.17) is 9.90 Å². The second kappa shape index (κ2) is 8.91. The highest BCUT2D eigenvalue weighted by molar-refractivity contribution is 9.10. The molecule has 1 aliphatic rings. The number of aliphatic carboxylic acids is 1. The van der Waals surface area contributed by atoms with Gasteiger partial charge in [0.15, 0.2) is 4.90 Å². The molecule has 1 heterocycles. The van der Waals surface area contributed by atoms with Gasteiger partial charge in [-0.05, 0) is 61.2 Å². The lowest BCUT2D eigenvalue weighted by Crippen LogP contribution is -2.27. The monoisotopic (exact) mass is 415 g/mol. The van der Waals surface area contributed by atoms with Crippen LogP contribution in [0.15, 0.2) is 27.6 Å². The van der Waals surface area contributed by atoms with Crippen molar-refractivity contribution in [2.45, 2.75) is 29.8 Å². The Morgan fingerprint density at radius 2 is 1.91 bits per heavy atom. The summed E-state index contributed by atoms with van der Waals surface area (Å²) in [5.41, 5.74) is 1.26. The van der Waals surface area contributed by atoms with Gasteiger partial charge in [0.1, 0.15) is 6.26 Å². The number of carboxylic acid groups (broad SMARTS) is 1. The first kappa shape index (κ1) is 20.3. The number of piperidine rings is 1. The third kappa shape index (κ3) is 6.70. The van der Waals surface area contributed by atoms with Crippen LogP contribution >= 0.6 is 15.9 Å². The Morgan fingerprint density at radius 1 is 1.39 bits per heavy atom. The molecule has 0 aromatic heterocycles. The van der Waals surface area contributed by atoms with Crippen LogP contribution in [-0.4, -0.2) is 41.2 Å². The van der Waals surface area contributed by atoms with Crippen LogP contribution in [0.5, 0.6) is 0 Å². The van der Waals surface area contributed by atoms with Gasteiger partial charge in [-0.25, -0.2) is 4.79 Å². The van der Waals surface area contributed by atoms with Crippen molar-refractivity contribution in [3.8, 4) is 0 Å². The molecular weight excluding hydrogens is 399 g/mol. The summed E-state index contributed by atoms with van der Waals surface area (Å²) in [7, 11) is 0. The van der Waals surface area contributed by atoms with Crippen molar-refractivity contribution in [2.75, 3.05) is 19.3 Å². The third-order valence-electron chi connectivity index (χ3n) is 3.30. The molecule has 1 aliphatic heterocycles. The molecule has 1 atom stereocenters. The molecule has 0 amide bonds. The summed E-state index contributed by atoms with van der Waals surface area (Å²) in [5, 5.41) is 10.5. The quantitative estimate of drug-likeness (QED) is 0.726. The van der Waals surface area contributed by atoms with E-state index < -0.39 is 23.3 Å². The zero-order chi connectivity index (χ0) is 17.6. The van der Waals surface area contributed by atoms with Crippen molar-refractivity contribution in [2.24, 2.45) is 0 Å². The van der Waals surface area contributed by atoms with Crippen LogP contribution in [0.1, 0.15) is 24.3 Å². The Labute approximate surface area is 143 Å². The van der Waals surface area contributed by atoms with Gasteiger partial charge < -0.3 is 15.0 Å². The summed E-state index contributed by atoms with van der Waals surface area (Å²) in [6, 6.07) is 6.09. The Balaban J connectivity index is 0.000000322. The minimum atomic E-state index is -5.08. The molecule has 4 nitrogen and oxygen atoms in total. The smallest absolute Gasteiger partial charge is 0.490 e. The summed E-state index contributed by atoms with van der Waals surface area (Å²) in [6.45, 7) is 2.12. The Bertz CT molecular complexity index is 534. The number of nitrogens with one attached hydrogen (secondary N) is 1. The average molecular weight is 416 g/mol. The number of carbonyl (C=O) groups is 1. The van der Waals surface area contributed by atoms with Gasteiger partial charge in [-0.1, -0.05) is 15.9 Å². The van der Waals surface area contributed by atoms with Crippen LogP contribution in [0.2, 0.25) is 0 Å². The molecule has 0 bridgehead atoms. The normalized spacial score (nSPS) is 17.1. The Hall–Kier alpha value is -0.770. The minimum absolute atomic E-state index is 0.553. The number of halogens is 4. The number of benzene rings is 1. The number of hydrogen-bond acceptors (Lipinski definition) is 3. The zero-order valence-electron chi connectivity index (χ0n) is 12.3. The predicted octanol–water partition coefficient (Wildman–Crippen LogP) is 3.29. The second-order valence-corrected chi connectivity index (χ2v) is 7.23. The lowest BCUT2D eigenvalue weighted by Gasteiger charge is -2.24. The zero-order valence-corrected chi connectivity index (χ0v) is 14.7. The van der Waals surface area contributed by atoms with Gasteiger partial charge in [-0.15, -0.1) is 0 Å². The lowest BCUT2D eigenvalue weighted by atomic mass is 9.90. The summed E-state index contributed by atoms with van der Waals surface area (Å²) in [5.74, 6) is -2.20. The first-order valence-electron chi connectivity index (χ1n) is 6.76. The van der Waals surface area contributed by atoms with Crippen molar-refractivity contribution >= 4 is 33.1 Å². The molecule has 1 aromatic carbocycles. The SMILES string of the molecule is C[S+]([O-])c1ccc(Br)cc1C1CCNCC1.O=C(O)C(F)(F)F. The summed E-state index contributed by atoms with van der Waals surface area (Å²) in [4.78, 5) is 9.89. The molecule has 130 valence electrons. The maximum atomic E-state index is 11.7. The highest BCUT2D eigenvalue weighted by Crippen LogP contribution is 2.32. The fraction of sp³-hybridized carbons (Fsp3) is 0.500. The van der Waals surface area contributed by atoms with E-state index in [0.29, 0.717) is 5.92 Å². The fourth-order valence-corrected chi connectivity index (χ4v) is 3.43. The van der Waals surface area contributed by atoms with Crippen molar-refractivity contribution in [1.29, 1.82) is 0 Å². The van der Waals surface area contributed by atoms with Crippen molar-refractivity contribution in [3.63, 3.8) is 0 Å². The van der Waals surface area contributed by atoms with Crippen molar-refractivity contribution < 1.29 is 27.6 Å². The van der Waals surface area contributed by atoms with Crippen LogP contribution in [0.4, 0.5) is 13.2 Å². The van der Waals surface area contributed by atoms with Gasteiger partial charge in [0, 0.05) is 10.0 Å². The first-order valence-corrected chi connectivity index (χ1v) is 9.11. The van der Waals surface area contributed by atoms with Crippen molar-refractivity contribution in [1.82, 2.24) is 5.32 Å². The molecule has 23 heavy (non-hydrogen) atoms. The third-order valence-corrected chi connectivity index (χ3v) is 4.79. The van der Waals surface area contributed by atoms with Crippen LogP contribution < -0.4 is 5.32 Å². The van der Waals surface area contributed by atoms with Crippen molar-refractivity contribution in [3.05, 3.63) is 28.2 Å². The van der Waals surface area contributed by atoms with E-state index >= 15 is 0 Å². The van der Waals surface area contributed by atoms with Gasteiger partial charge in [0.2, 0.25) is 0 Å². The molecule has 0 spiro atoms. The summed E-state index contributed by atoms with van der Waals surface area (Å²) in [6.07, 6.45) is -1.05. The highest BCUT2D eigenvalue weighted by atomic mass is 79.9. The van der Waals surface area contributed by atoms with Crippen LogP contribution in [0.3, 0.4) is 0 Å². The van der Waals surface area contributed by atoms with Crippen LogP contribution in [0.25, 0.3) is 0 Å². The van der Waals surface area contributed by atoms with E-state index in [-0.39, 0.29) is 0 Å². The summed E-state index contributed by atoms with van der Waals surface area (Å²) < 4.78 is 44.5. The summed E-state index contributed by atoms with van der Waals surface area (Å²) >= 11 is 2.61. The molecule has 2 rings (SSSR count). The molecule has 1 saturated heterocycles. The Kier molecular flexibility index (Phi) is 7.85. The number of carboxylic acids is 1. The maximum absolute atomic E-state index is 11.7. The molecular formula is C14H17BrF3NO3S. The topological polar surface area (TPSA) is 72.4 Å². The number of rotatable bonds is 2. The van der Waals surface area contributed by atoms with E-state index in [9.17, 15) is 17.7 Å². The first-order chi connectivity index (χ1) is 10.6. The predicted molar refractivity (Wildman–Crippen MR) is 85.0 cm³/mol. The average Bonchev–Trinajstić information content (AvgIpc) is 2.47. The molecule has 0 aliphatic carbocycles. The number of alkyl halides is 3. The number of hydrogen-bond donors (Lipinski definition) is 2. The molecule has 9 heteroatoms. The van der Waals surface area contributed by atoms with Gasteiger partial charge in [0.05, 0.1) is 0 Å². The van der Waals surface area contributed by atoms with Crippen LogP contribution in [-0.2, 0) is 16.0 Å². The molecule has 1 aromatic rings. The fourth-order valence-electron chi connectivity index (χ4n) is 2.23. The van der Waals surface area contributed by atoms with E-state index in [0.717, 1.165) is 35.3 Å². The minimum Gasteiger partial charge on any atom is -0.612 e. The van der Waals surface area contributed by atoms with Crippen LogP contribution in [0, 0.1) is 0 Å². The maximum Gasteiger partial charge on any atom is 0.490 e. The van der Waals surface area contributed by atoms with E-state index in [2.05, 4.69) is 27.3 Å². The molecule has 0 radical (unpaired) electrons. The Morgan fingerprint density at radius 3 is 2.35 bits per heavy atom. The lowest BCUT2D eigenvalue weighted by molar-refractivity contribution is -0.192. The molecule has 1 unspecified atom stereocenters. The molecule has 2 N–H and O–H groups in total. The molecule has 1 fully saturated rings. The second-order valence-electron chi connectivity index (χ2n) is 4.96. The van der Waals surface area contributed by atoms with Gasteiger partial charge in [-0.3, -0.25) is 0 Å². The van der Waals surface area contributed by atoms with E-state index in [1.807, 2.05) is 12.1 Å². The van der Waals surface area contributed by atoms with Gasteiger partial charge in [-0.2, -0.15) is 13.2 Å². The largest absolute Gasteiger partial charge is 0.612 e. The van der Waals surface area contributed by atoms with Gasteiger partial charge >= 0.3 is 12.1 Å². The highest BCUT2D eigenvalue weighted by Gasteiger charge is 2.38. The molecule has 0 saturated carbocycles. The van der Waals surface area contributed by atoms with E-state index in [1.165, 1.54) is 5.56 Å².